The minimum atomic E-state index is -4.52. The van der Waals surface area contributed by atoms with Crippen molar-refractivity contribution in [1.82, 2.24) is 4.90 Å². The van der Waals surface area contributed by atoms with Crippen molar-refractivity contribution in [2.24, 2.45) is 0 Å². The van der Waals surface area contributed by atoms with Crippen LogP contribution in [0.3, 0.4) is 0 Å². The van der Waals surface area contributed by atoms with Crippen molar-refractivity contribution < 1.29 is 18.3 Å². The summed E-state index contributed by atoms with van der Waals surface area (Å²) in [5.41, 5.74) is 1.04. The van der Waals surface area contributed by atoms with Gasteiger partial charge in [-0.05, 0) is 19.0 Å². The molecular weight excluding hydrogens is 231 g/mol. The molecule has 0 fully saturated rings. The van der Waals surface area contributed by atoms with Crippen molar-refractivity contribution in [2.45, 2.75) is 25.2 Å². The average Bonchev–Trinajstić information content (AvgIpc) is 2.26. The van der Waals surface area contributed by atoms with E-state index in [1.807, 2.05) is 30.3 Å². The Labute approximate surface area is 98.7 Å². The first-order valence-electron chi connectivity index (χ1n) is 5.37. The zero-order valence-corrected chi connectivity index (χ0v) is 9.61. The Hall–Kier alpha value is -1.07. The van der Waals surface area contributed by atoms with Crippen molar-refractivity contribution in [3.05, 3.63) is 35.9 Å². The van der Waals surface area contributed by atoms with E-state index in [4.69, 9.17) is 5.11 Å². The van der Waals surface area contributed by atoms with Crippen LogP contribution < -0.4 is 0 Å². The fourth-order valence-corrected chi connectivity index (χ4v) is 1.48. The topological polar surface area (TPSA) is 23.5 Å². The minimum absolute atomic E-state index is 0.204. The van der Waals surface area contributed by atoms with Crippen LogP contribution in [0.4, 0.5) is 13.2 Å². The molecule has 0 aliphatic heterocycles. The predicted molar refractivity (Wildman–Crippen MR) is 59.5 cm³/mol. The smallest absolute Gasteiger partial charge is 0.384 e. The molecule has 1 atom stereocenters. The molecular formula is C12H16F3NO. The summed E-state index contributed by atoms with van der Waals surface area (Å²) in [5, 5.41) is 8.85. The predicted octanol–water partition coefficient (Wildman–Crippen LogP) is 2.43. The highest BCUT2D eigenvalue weighted by Crippen LogP contribution is 2.22. The molecule has 0 bridgehead atoms. The number of aliphatic hydroxyl groups is 1. The first-order chi connectivity index (χ1) is 7.89. The Kier molecular flexibility index (Phi) is 4.96. The third kappa shape index (κ3) is 5.19. The van der Waals surface area contributed by atoms with Crippen LogP contribution in [-0.2, 0) is 6.54 Å². The van der Waals surface area contributed by atoms with Gasteiger partial charge in [0.1, 0.15) is 0 Å². The quantitative estimate of drug-likeness (QED) is 0.863. The van der Waals surface area contributed by atoms with Gasteiger partial charge in [0.15, 0.2) is 6.10 Å². The van der Waals surface area contributed by atoms with Gasteiger partial charge < -0.3 is 10.0 Å². The second-order valence-electron chi connectivity index (χ2n) is 4.07. The highest BCUT2D eigenvalue weighted by Gasteiger charge is 2.37. The van der Waals surface area contributed by atoms with Crippen LogP contribution in [0.1, 0.15) is 12.0 Å². The summed E-state index contributed by atoms with van der Waals surface area (Å²) in [5.74, 6) is 0. The van der Waals surface area contributed by atoms with Crippen molar-refractivity contribution in [2.75, 3.05) is 13.6 Å². The molecule has 0 amide bonds. The van der Waals surface area contributed by atoms with Gasteiger partial charge in [-0.1, -0.05) is 30.3 Å². The molecule has 5 heteroatoms. The number of hydrogen-bond acceptors (Lipinski definition) is 2. The van der Waals surface area contributed by atoms with E-state index in [0.717, 1.165) is 5.56 Å². The van der Waals surface area contributed by atoms with Crippen LogP contribution in [0.25, 0.3) is 0 Å². The summed E-state index contributed by atoms with van der Waals surface area (Å²) in [6.07, 6.45) is -7.05. The van der Waals surface area contributed by atoms with Gasteiger partial charge in [-0.15, -0.1) is 0 Å². The summed E-state index contributed by atoms with van der Waals surface area (Å²) in [7, 11) is 1.73. The largest absolute Gasteiger partial charge is 0.414 e. The molecule has 0 radical (unpaired) electrons. The van der Waals surface area contributed by atoms with E-state index in [2.05, 4.69) is 0 Å². The van der Waals surface area contributed by atoms with Crippen LogP contribution in [0.5, 0.6) is 0 Å². The molecule has 1 aromatic rings. The summed E-state index contributed by atoms with van der Waals surface area (Å²) in [4.78, 5) is 1.75. The molecule has 1 aromatic carbocycles. The molecule has 96 valence electrons. The standard InChI is InChI=1S/C12H16F3NO/c1-16(8-7-11(17)12(13,14)15)9-10-5-3-2-4-6-10/h2-6,11,17H,7-9H2,1H3. The molecule has 1 unspecified atom stereocenters. The lowest BCUT2D eigenvalue weighted by atomic mass is 10.2. The number of rotatable bonds is 5. The van der Waals surface area contributed by atoms with Crippen LogP contribution >= 0.6 is 0 Å². The maximum atomic E-state index is 12.1. The highest BCUT2D eigenvalue weighted by molar-refractivity contribution is 5.14. The number of aliphatic hydroxyl groups excluding tert-OH is 1. The molecule has 17 heavy (non-hydrogen) atoms. The zero-order chi connectivity index (χ0) is 12.9. The van der Waals surface area contributed by atoms with E-state index in [-0.39, 0.29) is 13.0 Å². The number of alkyl halides is 3. The minimum Gasteiger partial charge on any atom is -0.384 e. The SMILES string of the molecule is CN(CCC(O)C(F)(F)F)Cc1ccccc1. The second-order valence-corrected chi connectivity index (χ2v) is 4.07. The van der Waals surface area contributed by atoms with Crippen molar-refractivity contribution in [3.63, 3.8) is 0 Å². The second kappa shape index (κ2) is 6.02. The van der Waals surface area contributed by atoms with Gasteiger partial charge in [0, 0.05) is 13.1 Å². The number of benzene rings is 1. The van der Waals surface area contributed by atoms with Crippen molar-refractivity contribution in [3.8, 4) is 0 Å². The van der Waals surface area contributed by atoms with E-state index in [0.29, 0.717) is 6.54 Å². The summed E-state index contributed by atoms with van der Waals surface area (Å²) >= 11 is 0. The van der Waals surface area contributed by atoms with Crippen LogP contribution in [0.15, 0.2) is 30.3 Å². The van der Waals surface area contributed by atoms with Gasteiger partial charge in [0.2, 0.25) is 0 Å². The molecule has 0 heterocycles. The lowest BCUT2D eigenvalue weighted by Crippen LogP contribution is -2.32. The van der Waals surface area contributed by atoms with Crippen molar-refractivity contribution >= 4 is 0 Å². The van der Waals surface area contributed by atoms with E-state index in [1.165, 1.54) is 0 Å². The van der Waals surface area contributed by atoms with Crippen LogP contribution in [-0.4, -0.2) is 35.9 Å². The molecule has 0 saturated carbocycles. The van der Waals surface area contributed by atoms with E-state index in [9.17, 15) is 13.2 Å². The molecule has 1 rings (SSSR count). The lowest BCUT2D eigenvalue weighted by Gasteiger charge is -2.20. The van der Waals surface area contributed by atoms with E-state index >= 15 is 0 Å². The van der Waals surface area contributed by atoms with Gasteiger partial charge >= 0.3 is 6.18 Å². The molecule has 0 aliphatic carbocycles. The fraction of sp³-hybridized carbons (Fsp3) is 0.500. The maximum Gasteiger partial charge on any atom is 0.414 e. The molecule has 1 N–H and O–H groups in total. The van der Waals surface area contributed by atoms with Crippen molar-refractivity contribution in [1.29, 1.82) is 0 Å². The Morgan fingerprint density at radius 2 is 1.82 bits per heavy atom. The molecule has 0 aromatic heterocycles. The third-order valence-electron chi connectivity index (χ3n) is 2.46. The van der Waals surface area contributed by atoms with Gasteiger partial charge in [-0.25, -0.2) is 0 Å². The Balaban J connectivity index is 2.33. The van der Waals surface area contributed by atoms with Crippen LogP contribution in [0.2, 0.25) is 0 Å². The van der Waals surface area contributed by atoms with E-state index in [1.54, 1.807) is 11.9 Å². The number of halogens is 3. The summed E-state index contributed by atoms with van der Waals surface area (Å²) in [6.45, 7) is 0.779. The first kappa shape index (κ1) is 14.0. The fourth-order valence-electron chi connectivity index (χ4n) is 1.48. The summed E-state index contributed by atoms with van der Waals surface area (Å²) in [6, 6.07) is 9.48. The maximum absolute atomic E-state index is 12.1. The Bertz CT molecular complexity index is 326. The monoisotopic (exact) mass is 247 g/mol. The summed E-state index contributed by atoms with van der Waals surface area (Å²) < 4.78 is 36.2. The molecule has 2 nitrogen and oxygen atoms in total. The normalized spacial score (nSPS) is 14.0. The van der Waals surface area contributed by atoms with Gasteiger partial charge in [0.05, 0.1) is 0 Å². The Morgan fingerprint density at radius 1 is 1.24 bits per heavy atom. The van der Waals surface area contributed by atoms with Gasteiger partial charge in [0.25, 0.3) is 0 Å². The molecule has 0 saturated heterocycles. The first-order valence-corrected chi connectivity index (χ1v) is 5.37. The highest BCUT2D eigenvalue weighted by atomic mass is 19.4. The molecule has 0 aliphatic rings. The number of hydrogen-bond donors (Lipinski definition) is 1. The lowest BCUT2D eigenvalue weighted by molar-refractivity contribution is -0.206. The molecule has 0 spiro atoms. The van der Waals surface area contributed by atoms with Gasteiger partial charge in [-0.3, -0.25) is 0 Å². The number of nitrogens with zero attached hydrogens (tertiary/aromatic N) is 1. The Morgan fingerprint density at radius 3 is 2.35 bits per heavy atom. The zero-order valence-electron chi connectivity index (χ0n) is 9.61. The van der Waals surface area contributed by atoms with Crippen LogP contribution in [0, 0.1) is 0 Å². The van der Waals surface area contributed by atoms with Gasteiger partial charge in [-0.2, -0.15) is 13.2 Å². The third-order valence-corrected chi connectivity index (χ3v) is 2.46. The van der Waals surface area contributed by atoms with E-state index < -0.39 is 12.3 Å². The average molecular weight is 247 g/mol.